The fourth-order valence-corrected chi connectivity index (χ4v) is 4.64. The molecule has 0 aliphatic heterocycles. The maximum atomic E-state index is 14.3. The molecule has 0 saturated carbocycles. The summed E-state index contributed by atoms with van der Waals surface area (Å²) in [7, 11) is -4.11. The zero-order valence-corrected chi connectivity index (χ0v) is 15.7. The van der Waals surface area contributed by atoms with Crippen molar-refractivity contribution in [1.29, 1.82) is 0 Å². The Morgan fingerprint density at radius 2 is 1.77 bits per heavy atom. The normalized spacial score (nSPS) is 15.5. The lowest BCUT2D eigenvalue weighted by Crippen LogP contribution is -2.33. The zero-order chi connectivity index (χ0) is 19.5. The smallest absolute Gasteiger partial charge is 0.185 e. The topological polar surface area (TPSA) is 63.6 Å². The number of aryl methyl sites for hydroxylation is 1. The first-order valence-electron chi connectivity index (χ1n) is 8.18. The minimum atomic E-state index is -4.11. The molecule has 0 fully saturated rings. The van der Waals surface area contributed by atoms with E-state index in [1.54, 1.807) is 26.0 Å². The van der Waals surface area contributed by atoms with Crippen LogP contribution >= 0.6 is 0 Å². The lowest BCUT2D eigenvalue weighted by atomic mass is 10.0. The SMILES string of the molecule is CCOC(C)(O)CC(c1cc(F)ccc1F)S(=O)(=O)c1ccc(C)cc1. The van der Waals surface area contributed by atoms with Crippen LogP contribution in [0.15, 0.2) is 47.4 Å². The van der Waals surface area contributed by atoms with Crippen molar-refractivity contribution in [1.82, 2.24) is 0 Å². The molecular weight excluding hydrogens is 362 g/mol. The van der Waals surface area contributed by atoms with E-state index in [1.165, 1.54) is 19.1 Å². The summed E-state index contributed by atoms with van der Waals surface area (Å²) < 4.78 is 59.5. The maximum Gasteiger partial charge on any atom is 0.185 e. The third-order valence-electron chi connectivity index (χ3n) is 4.05. The van der Waals surface area contributed by atoms with Gasteiger partial charge in [-0.05, 0) is 51.1 Å². The van der Waals surface area contributed by atoms with Crippen LogP contribution in [0.5, 0.6) is 0 Å². The molecule has 2 rings (SSSR count). The van der Waals surface area contributed by atoms with Gasteiger partial charge in [-0.1, -0.05) is 17.7 Å². The summed E-state index contributed by atoms with van der Waals surface area (Å²) in [4.78, 5) is -0.0379. The molecular formula is C19H22F2O4S. The van der Waals surface area contributed by atoms with Crippen LogP contribution in [0.25, 0.3) is 0 Å². The van der Waals surface area contributed by atoms with E-state index < -0.39 is 38.9 Å². The first-order valence-corrected chi connectivity index (χ1v) is 9.73. The van der Waals surface area contributed by atoms with Gasteiger partial charge in [-0.3, -0.25) is 0 Å². The highest BCUT2D eigenvalue weighted by molar-refractivity contribution is 7.91. The number of ether oxygens (including phenoxy) is 1. The van der Waals surface area contributed by atoms with Crippen LogP contribution in [0.1, 0.15) is 36.6 Å². The number of hydrogen-bond donors (Lipinski definition) is 1. The van der Waals surface area contributed by atoms with Gasteiger partial charge in [-0.15, -0.1) is 0 Å². The second-order valence-corrected chi connectivity index (χ2v) is 8.46. The molecule has 0 aliphatic carbocycles. The van der Waals surface area contributed by atoms with Crippen LogP contribution in [0.4, 0.5) is 8.78 Å². The Morgan fingerprint density at radius 1 is 1.15 bits per heavy atom. The molecule has 2 aromatic carbocycles. The molecule has 0 aromatic heterocycles. The summed E-state index contributed by atoms with van der Waals surface area (Å²) >= 11 is 0. The summed E-state index contributed by atoms with van der Waals surface area (Å²) in [6.07, 6.45) is -0.447. The van der Waals surface area contributed by atoms with Gasteiger partial charge in [0, 0.05) is 18.6 Å². The third kappa shape index (κ3) is 4.66. The molecule has 2 unspecified atom stereocenters. The summed E-state index contributed by atoms with van der Waals surface area (Å²) in [6.45, 7) is 4.88. The lowest BCUT2D eigenvalue weighted by Gasteiger charge is -2.28. The first kappa shape index (κ1) is 20.5. The molecule has 142 valence electrons. The Morgan fingerprint density at radius 3 is 2.35 bits per heavy atom. The van der Waals surface area contributed by atoms with Crippen molar-refractivity contribution in [3.8, 4) is 0 Å². The van der Waals surface area contributed by atoms with Crippen LogP contribution < -0.4 is 0 Å². The molecule has 0 amide bonds. The molecule has 0 bridgehead atoms. The predicted molar refractivity (Wildman–Crippen MR) is 94.3 cm³/mol. The molecule has 0 radical (unpaired) electrons. The average molecular weight is 384 g/mol. The van der Waals surface area contributed by atoms with Crippen molar-refractivity contribution < 1.29 is 27.0 Å². The number of sulfone groups is 1. The van der Waals surface area contributed by atoms with Gasteiger partial charge >= 0.3 is 0 Å². The first-order chi connectivity index (χ1) is 12.1. The summed E-state index contributed by atoms with van der Waals surface area (Å²) in [5.41, 5.74) is 0.518. The second kappa shape index (κ2) is 7.82. The van der Waals surface area contributed by atoms with E-state index in [-0.39, 0.29) is 17.1 Å². The zero-order valence-electron chi connectivity index (χ0n) is 14.9. The molecule has 4 nitrogen and oxygen atoms in total. The van der Waals surface area contributed by atoms with Gasteiger partial charge in [0.15, 0.2) is 15.6 Å². The Balaban J connectivity index is 2.59. The number of rotatable bonds is 7. The molecule has 0 saturated heterocycles. The minimum absolute atomic E-state index is 0.0379. The molecule has 1 N–H and O–H groups in total. The Labute approximate surface area is 152 Å². The average Bonchev–Trinajstić information content (AvgIpc) is 2.55. The summed E-state index contributed by atoms with van der Waals surface area (Å²) in [5.74, 6) is -3.45. The van der Waals surface area contributed by atoms with Gasteiger partial charge in [0.25, 0.3) is 0 Å². The lowest BCUT2D eigenvalue weighted by molar-refractivity contribution is -0.191. The predicted octanol–water partition coefficient (Wildman–Crippen LogP) is 3.92. The van der Waals surface area contributed by atoms with E-state index in [0.29, 0.717) is 0 Å². The van der Waals surface area contributed by atoms with Gasteiger partial charge in [0.05, 0.1) is 10.1 Å². The van der Waals surface area contributed by atoms with E-state index in [4.69, 9.17) is 4.74 Å². The van der Waals surface area contributed by atoms with Crippen LogP contribution in [0.3, 0.4) is 0 Å². The van der Waals surface area contributed by atoms with Crippen molar-refractivity contribution in [3.05, 3.63) is 65.2 Å². The summed E-state index contributed by atoms with van der Waals surface area (Å²) in [5, 5.41) is 8.85. The Hall–Kier alpha value is -1.83. The minimum Gasteiger partial charge on any atom is -0.366 e. The maximum absolute atomic E-state index is 14.3. The van der Waals surface area contributed by atoms with Crippen LogP contribution in [-0.2, 0) is 14.6 Å². The highest BCUT2D eigenvalue weighted by Crippen LogP contribution is 2.37. The van der Waals surface area contributed by atoms with Crippen molar-refractivity contribution in [3.63, 3.8) is 0 Å². The number of aliphatic hydroxyl groups is 1. The van der Waals surface area contributed by atoms with Gasteiger partial charge in [0.2, 0.25) is 0 Å². The molecule has 2 aromatic rings. The molecule has 26 heavy (non-hydrogen) atoms. The monoisotopic (exact) mass is 384 g/mol. The second-order valence-electron chi connectivity index (χ2n) is 6.32. The highest BCUT2D eigenvalue weighted by Gasteiger charge is 2.38. The highest BCUT2D eigenvalue weighted by atomic mass is 32.2. The van der Waals surface area contributed by atoms with E-state index in [1.807, 2.05) is 0 Å². The van der Waals surface area contributed by atoms with Crippen molar-refractivity contribution in [2.24, 2.45) is 0 Å². The van der Waals surface area contributed by atoms with E-state index in [2.05, 4.69) is 0 Å². The van der Waals surface area contributed by atoms with Crippen LogP contribution in [0, 0.1) is 18.6 Å². The Bertz CT molecular complexity index is 862. The number of hydrogen-bond acceptors (Lipinski definition) is 4. The van der Waals surface area contributed by atoms with Crippen LogP contribution in [0.2, 0.25) is 0 Å². The van der Waals surface area contributed by atoms with Gasteiger partial charge < -0.3 is 9.84 Å². The van der Waals surface area contributed by atoms with Crippen LogP contribution in [-0.4, -0.2) is 25.9 Å². The molecule has 7 heteroatoms. The molecule has 0 heterocycles. The molecule has 0 aliphatic rings. The van der Waals surface area contributed by atoms with E-state index in [9.17, 15) is 22.3 Å². The standard InChI is InChI=1S/C19H22F2O4S/c1-4-25-19(3,22)12-18(16-11-14(20)7-10-17(16)21)26(23,24)15-8-5-13(2)6-9-15/h5-11,18,22H,4,12H2,1-3H3. The van der Waals surface area contributed by atoms with Gasteiger partial charge in [-0.25, -0.2) is 17.2 Å². The number of benzene rings is 2. The number of halogens is 2. The Kier molecular flexibility index (Phi) is 6.16. The van der Waals surface area contributed by atoms with Crippen molar-refractivity contribution in [2.75, 3.05) is 6.61 Å². The largest absolute Gasteiger partial charge is 0.366 e. The fourth-order valence-electron chi connectivity index (χ4n) is 2.75. The van der Waals surface area contributed by atoms with Crippen molar-refractivity contribution >= 4 is 9.84 Å². The fraction of sp³-hybridized carbons (Fsp3) is 0.368. The third-order valence-corrected chi connectivity index (χ3v) is 6.15. The molecule has 0 spiro atoms. The quantitative estimate of drug-likeness (QED) is 0.735. The van der Waals surface area contributed by atoms with E-state index >= 15 is 0 Å². The van der Waals surface area contributed by atoms with Crippen molar-refractivity contribution in [2.45, 2.75) is 43.1 Å². The summed E-state index contributed by atoms with van der Waals surface area (Å²) in [6, 6.07) is 8.67. The van der Waals surface area contributed by atoms with E-state index in [0.717, 1.165) is 23.8 Å². The van der Waals surface area contributed by atoms with Gasteiger partial charge in [0.1, 0.15) is 11.6 Å². The molecule has 2 atom stereocenters. The van der Waals surface area contributed by atoms with Gasteiger partial charge in [-0.2, -0.15) is 0 Å².